The largest absolute Gasteiger partial charge is 0.468 e. The summed E-state index contributed by atoms with van der Waals surface area (Å²) in [7, 11) is 3.17. The summed E-state index contributed by atoms with van der Waals surface area (Å²) in [5.74, 6) is -0.414. The number of aromatic nitrogens is 2. The van der Waals surface area contributed by atoms with Gasteiger partial charge in [-0.25, -0.2) is 4.98 Å². The van der Waals surface area contributed by atoms with Crippen LogP contribution in [0.1, 0.15) is 5.69 Å². The number of ether oxygens (including phenoxy) is 1. The van der Waals surface area contributed by atoms with Gasteiger partial charge in [-0.1, -0.05) is 0 Å². The molecular formula is C8H12Cl2N2O2. The Labute approximate surface area is 93.6 Å². The molecule has 6 heteroatoms. The second-order valence-corrected chi connectivity index (χ2v) is 3.22. The number of aryl methyl sites for hydroxylation is 1. The first-order valence-electron chi connectivity index (χ1n) is 3.82. The lowest BCUT2D eigenvalue weighted by molar-refractivity contribution is -0.140. The number of methoxy groups -OCH3 is 1. The molecular weight excluding hydrogens is 227 g/mol. The van der Waals surface area contributed by atoms with Crippen LogP contribution in [-0.2, 0) is 23.0 Å². The number of hydrogen-bond donors (Lipinski definition) is 0. The van der Waals surface area contributed by atoms with Gasteiger partial charge in [0.05, 0.1) is 13.4 Å². The van der Waals surface area contributed by atoms with E-state index in [-0.39, 0.29) is 12.4 Å². The molecule has 4 nitrogen and oxygen atoms in total. The molecule has 14 heavy (non-hydrogen) atoms. The monoisotopic (exact) mass is 238 g/mol. The van der Waals surface area contributed by atoms with Gasteiger partial charge in [-0.3, -0.25) is 4.79 Å². The normalized spacial score (nSPS) is 11.6. The van der Waals surface area contributed by atoms with Crippen LogP contribution in [0.2, 0.25) is 0 Å². The van der Waals surface area contributed by atoms with Gasteiger partial charge in [-0.2, -0.15) is 0 Å². The number of carbonyl (C=O) groups excluding carboxylic acids is 1. The molecule has 0 N–H and O–H groups in total. The minimum absolute atomic E-state index is 0. The number of imidazole rings is 1. The average molecular weight is 239 g/mol. The lowest BCUT2D eigenvalue weighted by atomic mass is 10.2. The maximum absolute atomic E-state index is 11.0. The fourth-order valence-corrected chi connectivity index (χ4v) is 1.22. The van der Waals surface area contributed by atoms with Gasteiger partial charge in [-0.05, 0) is 0 Å². The van der Waals surface area contributed by atoms with Crippen molar-refractivity contribution < 1.29 is 9.53 Å². The second kappa shape index (κ2) is 5.88. The predicted octanol–water partition coefficient (Wildman–Crippen LogP) is 1.16. The Bertz CT molecular complexity index is 301. The molecule has 0 saturated heterocycles. The van der Waals surface area contributed by atoms with E-state index in [9.17, 15) is 4.79 Å². The summed E-state index contributed by atoms with van der Waals surface area (Å²) in [4.78, 5) is 14.9. The zero-order chi connectivity index (χ0) is 9.84. The van der Waals surface area contributed by atoms with Crippen LogP contribution in [0.25, 0.3) is 0 Å². The molecule has 0 aromatic carbocycles. The van der Waals surface area contributed by atoms with Gasteiger partial charge in [0.2, 0.25) is 0 Å². The van der Waals surface area contributed by atoms with Crippen molar-refractivity contribution in [2.75, 3.05) is 7.11 Å². The van der Waals surface area contributed by atoms with Crippen molar-refractivity contribution in [3.8, 4) is 0 Å². The summed E-state index contributed by atoms with van der Waals surface area (Å²) in [5.41, 5.74) is 0.908. The van der Waals surface area contributed by atoms with E-state index in [0.29, 0.717) is 6.42 Å². The molecule has 80 valence electrons. The topological polar surface area (TPSA) is 44.1 Å². The van der Waals surface area contributed by atoms with Crippen molar-refractivity contribution in [1.29, 1.82) is 0 Å². The highest BCUT2D eigenvalue weighted by Crippen LogP contribution is 2.08. The van der Waals surface area contributed by atoms with Crippen LogP contribution in [0.5, 0.6) is 0 Å². The van der Waals surface area contributed by atoms with Gasteiger partial charge in [0.15, 0.2) is 0 Å². The van der Waals surface area contributed by atoms with Crippen molar-refractivity contribution >= 4 is 30.0 Å². The third-order valence-electron chi connectivity index (χ3n) is 1.76. The first-order chi connectivity index (χ1) is 6.15. The van der Waals surface area contributed by atoms with E-state index < -0.39 is 11.3 Å². The molecule has 0 aliphatic heterocycles. The van der Waals surface area contributed by atoms with Gasteiger partial charge in [0, 0.05) is 25.4 Å². The number of carbonyl (C=O) groups is 1. The SMILES string of the molecule is COC(=O)C(Cl)Cc1cncn1C.Cl. The molecule has 0 aliphatic rings. The van der Waals surface area contributed by atoms with Gasteiger partial charge in [0.25, 0.3) is 0 Å². The Balaban J connectivity index is 0.00000169. The number of nitrogens with zero attached hydrogens (tertiary/aromatic N) is 2. The van der Waals surface area contributed by atoms with Crippen LogP contribution in [0, 0.1) is 0 Å². The van der Waals surface area contributed by atoms with Crippen LogP contribution in [0.4, 0.5) is 0 Å². The molecule has 1 unspecified atom stereocenters. The minimum Gasteiger partial charge on any atom is -0.468 e. The smallest absolute Gasteiger partial charge is 0.324 e. The first-order valence-corrected chi connectivity index (χ1v) is 4.26. The van der Waals surface area contributed by atoms with Crippen molar-refractivity contribution in [1.82, 2.24) is 9.55 Å². The average Bonchev–Trinajstić information content (AvgIpc) is 2.50. The van der Waals surface area contributed by atoms with Crippen LogP contribution in [0.3, 0.4) is 0 Å². The molecule has 1 aromatic heterocycles. The fraction of sp³-hybridized carbons (Fsp3) is 0.500. The van der Waals surface area contributed by atoms with Gasteiger partial charge < -0.3 is 9.30 Å². The maximum atomic E-state index is 11.0. The third-order valence-corrected chi connectivity index (χ3v) is 2.09. The number of rotatable bonds is 3. The van der Waals surface area contributed by atoms with Crippen LogP contribution in [-0.4, -0.2) is 28.0 Å². The summed E-state index contributed by atoms with van der Waals surface area (Å²) in [6, 6.07) is 0. The maximum Gasteiger partial charge on any atom is 0.324 e. The predicted molar refractivity (Wildman–Crippen MR) is 55.8 cm³/mol. The van der Waals surface area contributed by atoms with Crippen molar-refractivity contribution in [3.63, 3.8) is 0 Å². The highest BCUT2D eigenvalue weighted by atomic mass is 35.5. The number of halogens is 2. The van der Waals surface area contributed by atoms with Crippen molar-refractivity contribution in [2.45, 2.75) is 11.8 Å². The Morgan fingerprint density at radius 3 is 2.86 bits per heavy atom. The van der Waals surface area contributed by atoms with Crippen molar-refractivity contribution in [3.05, 3.63) is 18.2 Å². The number of alkyl halides is 1. The molecule has 0 radical (unpaired) electrons. The van der Waals surface area contributed by atoms with E-state index in [1.165, 1.54) is 7.11 Å². The van der Waals surface area contributed by atoms with E-state index in [2.05, 4.69) is 9.72 Å². The first kappa shape index (κ1) is 13.3. The molecule has 1 heterocycles. The molecule has 0 spiro atoms. The van der Waals surface area contributed by atoms with Gasteiger partial charge >= 0.3 is 5.97 Å². The zero-order valence-corrected chi connectivity index (χ0v) is 9.51. The molecule has 0 bridgehead atoms. The van der Waals surface area contributed by atoms with E-state index in [4.69, 9.17) is 11.6 Å². The molecule has 0 aliphatic carbocycles. The Morgan fingerprint density at radius 2 is 2.43 bits per heavy atom. The molecule has 1 rings (SSSR count). The standard InChI is InChI=1S/C8H11ClN2O2.ClH/c1-11-5-10-4-6(11)3-7(9)8(12)13-2;/h4-5,7H,3H2,1-2H3;1H. The summed E-state index contributed by atoms with van der Waals surface area (Å²) < 4.78 is 6.32. The molecule has 0 amide bonds. The van der Waals surface area contributed by atoms with Gasteiger partial charge in [-0.15, -0.1) is 24.0 Å². The van der Waals surface area contributed by atoms with E-state index in [1.807, 2.05) is 11.6 Å². The number of esters is 1. The van der Waals surface area contributed by atoms with Crippen LogP contribution >= 0.6 is 24.0 Å². The highest BCUT2D eigenvalue weighted by molar-refractivity contribution is 6.30. The van der Waals surface area contributed by atoms with E-state index in [0.717, 1.165) is 5.69 Å². The van der Waals surface area contributed by atoms with E-state index in [1.54, 1.807) is 12.5 Å². The second-order valence-electron chi connectivity index (χ2n) is 2.69. The fourth-order valence-electron chi connectivity index (χ4n) is 0.976. The molecule has 1 aromatic rings. The third kappa shape index (κ3) is 3.20. The number of hydrogen-bond acceptors (Lipinski definition) is 3. The molecule has 0 fully saturated rings. The quantitative estimate of drug-likeness (QED) is 0.587. The Morgan fingerprint density at radius 1 is 1.79 bits per heavy atom. The minimum atomic E-state index is -0.639. The lowest BCUT2D eigenvalue weighted by Crippen LogP contribution is -2.19. The Kier molecular flexibility index (Phi) is 5.57. The van der Waals surface area contributed by atoms with E-state index >= 15 is 0 Å². The lowest BCUT2D eigenvalue weighted by Gasteiger charge is -2.06. The van der Waals surface area contributed by atoms with Crippen LogP contribution in [0.15, 0.2) is 12.5 Å². The zero-order valence-electron chi connectivity index (χ0n) is 7.94. The van der Waals surface area contributed by atoms with Crippen LogP contribution < -0.4 is 0 Å². The molecule has 0 saturated carbocycles. The summed E-state index contributed by atoms with van der Waals surface area (Å²) in [6.45, 7) is 0. The van der Waals surface area contributed by atoms with Crippen molar-refractivity contribution in [2.24, 2.45) is 7.05 Å². The Hall–Kier alpha value is -0.740. The summed E-state index contributed by atoms with van der Waals surface area (Å²) in [6.07, 6.45) is 3.78. The summed E-state index contributed by atoms with van der Waals surface area (Å²) in [5, 5.41) is -0.639. The van der Waals surface area contributed by atoms with Gasteiger partial charge in [0.1, 0.15) is 5.38 Å². The summed E-state index contributed by atoms with van der Waals surface area (Å²) >= 11 is 5.78. The highest BCUT2D eigenvalue weighted by Gasteiger charge is 2.17. The molecule has 1 atom stereocenters.